The molecule has 0 aliphatic rings. The van der Waals surface area contributed by atoms with E-state index in [0.717, 1.165) is 34.0 Å². The average molecular weight is 328 g/mol. The predicted octanol–water partition coefficient (Wildman–Crippen LogP) is 4.75. The minimum Gasteiger partial charge on any atom is -0.378 e. The Hall–Kier alpha value is -1.43. The Morgan fingerprint density at radius 3 is 2.75 bits per heavy atom. The van der Waals surface area contributed by atoms with Gasteiger partial charge in [0.2, 0.25) is 0 Å². The third-order valence-electron chi connectivity index (χ3n) is 2.83. The number of aromatic nitrogens is 2. The van der Waals surface area contributed by atoms with Gasteiger partial charge in [0.1, 0.15) is 16.9 Å². The molecule has 0 unspecified atom stereocenters. The van der Waals surface area contributed by atoms with Crippen LogP contribution in [0.5, 0.6) is 0 Å². The molecule has 0 saturated carbocycles. The molecule has 2 aromatic carbocycles. The van der Waals surface area contributed by atoms with Crippen LogP contribution in [0.15, 0.2) is 30.3 Å². The fraction of sp³-hybridized carbons (Fsp3) is 0.0769. The smallest absolute Gasteiger partial charge is 0.141 e. The summed E-state index contributed by atoms with van der Waals surface area (Å²) in [4.78, 5) is 0. The van der Waals surface area contributed by atoms with Crippen LogP contribution in [0.25, 0.3) is 11.0 Å². The van der Waals surface area contributed by atoms with Crippen molar-refractivity contribution in [2.24, 2.45) is 0 Å². The lowest BCUT2D eigenvalue weighted by molar-refractivity contribution is 0.627. The number of benzene rings is 2. The Morgan fingerprint density at radius 1 is 1.10 bits per heavy atom. The SMILES string of the molecule is Fc1ccc(CNc2c(Cl)ccc3nsnc23)cc1Cl. The van der Waals surface area contributed by atoms with Gasteiger partial charge in [-0.1, -0.05) is 29.3 Å². The van der Waals surface area contributed by atoms with Crippen LogP contribution in [0.1, 0.15) is 5.56 Å². The predicted molar refractivity (Wildman–Crippen MR) is 81.2 cm³/mol. The quantitative estimate of drug-likeness (QED) is 0.754. The van der Waals surface area contributed by atoms with Crippen LogP contribution in [-0.2, 0) is 6.54 Å². The van der Waals surface area contributed by atoms with E-state index in [1.807, 2.05) is 6.07 Å². The van der Waals surface area contributed by atoms with Gasteiger partial charge >= 0.3 is 0 Å². The van der Waals surface area contributed by atoms with Crippen molar-refractivity contribution in [3.05, 3.63) is 51.8 Å². The van der Waals surface area contributed by atoms with Crippen molar-refractivity contribution in [1.29, 1.82) is 0 Å². The second-order valence-corrected chi connectivity index (χ2v) is 5.50. The molecule has 0 fully saturated rings. The molecule has 0 saturated heterocycles. The van der Waals surface area contributed by atoms with Crippen molar-refractivity contribution in [3.63, 3.8) is 0 Å². The maximum Gasteiger partial charge on any atom is 0.141 e. The van der Waals surface area contributed by atoms with E-state index in [1.54, 1.807) is 18.2 Å². The molecule has 7 heteroatoms. The van der Waals surface area contributed by atoms with Gasteiger partial charge in [-0.15, -0.1) is 0 Å². The van der Waals surface area contributed by atoms with E-state index in [-0.39, 0.29) is 5.02 Å². The summed E-state index contributed by atoms with van der Waals surface area (Å²) in [6.45, 7) is 0.469. The molecule has 0 amide bonds. The van der Waals surface area contributed by atoms with Gasteiger partial charge in [0.05, 0.1) is 27.5 Å². The molecule has 0 spiro atoms. The highest BCUT2D eigenvalue weighted by Gasteiger charge is 2.10. The molecule has 0 aliphatic heterocycles. The Labute approximate surface area is 128 Å². The first-order valence-electron chi connectivity index (χ1n) is 5.74. The van der Waals surface area contributed by atoms with Gasteiger partial charge in [0.15, 0.2) is 0 Å². The van der Waals surface area contributed by atoms with E-state index < -0.39 is 5.82 Å². The lowest BCUT2D eigenvalue weighted by Gasteiger charge is -2.09. The largest absolute Gasteiger partial charge is 0.378 e. The van der Waals surface area contributed by atoms with E-state index in [1.165, 1.54) is 6.07 Å². The molecule has 0 bridgehead atoms. The van der Waals surface area contributed by atoms with Crippen molar-refractivity contribution < 1.29 is 4.39 Å². The lowest BCUT2D eigenvalue weighted by Crippen LogP contribution is -2.01. The van der Waals surface area contributed by atoms with Crippen LogP contribution >= 0.6 is 34.9 Å². The molecule has 102 valence electrons. The fourth-order valence-electron chi connectivity index (χ4n) is 1.84. The number of nitrogens with one attached hydrogen (secondary N) is 1. The van der Waals surface area contributed by atoms with Crippen molar-refractivity contribution in [1.82, 2.24) is 8.75 Å². The van der Waals surface area contributed by atoms with Crippen LogP contribution in [0.2, 0.25) is 10.0 Å². The second kappa shape index (κ2) is 5.52. The zero-order valence-electron chi connectivity index (χ0n) is 10.0. The number of fused-ring (bicyclic) bond motifs is 1. The minimum absolute atomic E-state index is 0.101. The first-order chi connectivity index (χ1) is 9.65. The van der Waals surface area contributed by atoms with E-state index in [2.05, 4.69) is 14.1 Å². The van der Waals surface area contributed by atoms with Crippen molar-refractivity contribution >= 4 is 51.7 Å². The molecular weight excluding hydrogens is 320 g/mol. The van der Waals surface area contributed by atoms with Crippen LogP contribution in [0, 0.1) is 5.82 Å². The third-order valence-corrected chi connectivity index (χ3v) is 3.98. The molecule has 20 heavy (non-hydrogen) atoms. The highest BCUT2D eigenvalue weighted by atomic mass is 35.5. The van der Waals surface area contributed by atoms with Gasteiger partial charge in [-0.3, -0.25) is 0 Å². The molecule has 3 nitrogen and oxygen atoms in total. The minimum atomic E-state index is -0.431. The van der Waals surface area contributed by atoms with Crippen molar-refractivity contribution in [2.75, 3.05) is 5.32 Å². The third kappa shape index (κ3) is 2.57. The topological polar surface area (TPSA) is 37.8 Å². The number of hydrogen-bond acceptors (Lipinski definition) is 4. The van der Waals surface area contributed by atoms with Gasteiger partial charge < -0.3 is 5.32 Å². The van der Waals surface area contributed by atoms with Crippen LogP contribution in [0.4, 0.5) is 10.1 Å². The standard InChI is InChI=1S/C13H8Cl2FN3S/c14-8-2-4-11-13(19-20-18-11)12(8)17-6-7-1-3-10(16)9(15)5-7/h1-5,17H,6H2. The van der Waals surface area contributed by atoms with Crippen LogP contribution in [0.3, 0.4) is 0 Å². The molecule has 0 radical (unpaired) electrons. The highest BCUT2D eigenvalue weighted by molar-refractivity contribution is 7.00. The summed E-state index contributed by atoms with van der Waals surface area (Å²) in [7, 11) is 0. The zero-order valence-corrected chi connectivity index (χ0v) is 12.4. The first-order valence-corrected chi connectivity index (χ1v) is 7.22. The number of hydrogen-bond donors (Lipinski definition) is 1. The van der Waals surface area contributed by atoms with Crippen molar-refractivity contribution in [2.45, 2.75) is 6.54 Å². The Balaban J connectivity index is 1.88. The molecule has 1 heterocycles. The number of rotatable bonds is 3. The molecule has 1 N–H and O–H groups in total. The van der Waals surface area contributed by atoms with Gasteiger partial charge in [0, 0.05) is 6.54 Å². The van der Waals surface area contributed by atoms with Crippen LogP contribution in [-0.4, -0.2) is 8.75 Å². The summed E-state index contributed by atoms with van der Waals surface area (Å²) in [5, 5.41) is 3.86. The van der Waals surface area contributed by atoms with E-state index in [0.29, 0.717) is 11.6 Å². The van der Waals surface area contributed by atoms with E-state index >= 15 is 0 Å². The molecule has 1 aromatic heterocycles. The van der Waals surface area contributed by atoms with E-state index in [4.69, 9.17) is 23.2 Å². The second-order valence-electron chi connectivity index (χ2n) is 4.16. The van der Waals surface area contributed by atoms with E-state index in [9.17, 15) is 4.39 Å². The van der Waals surface area contributed by atoms with Gasteiger partial charge in [-0.2, -0.15) is 8.75 Å². The molecule has 3 rings (SSSR count). The summed E-state index contributed by atoms with van der Waals surface area (Å²) >= 11 is 13.1. The lowest BCUT2D eigenvalue weighted by atomic mass is 10.2. The highest BCUT2D eigenvalue weighted by Crippen LogP contribution is 2.30. The normalized spacial score (nSPS) is 10.9. The number of anilines is 1. The zero-order chi connectivity index (χ0) is 14.1. The molecule has 0 aliphatic carbocycles. The average Bonchev–Trinajstić information content (AvgIpc) is 2.90. The fourth-order valence-corrected chi connectivity index (χ4v) is 2.80. The molecular formula is C13H8Cl2FN3S. The molecule has 3 aromatic rings. The Kier molecular flexibility index (Phi) is 3.74. The van der Waals surface area contributed by atoms with Crippen LogP contribution < -0.4 is 5.32 Å². The summed E-state index contributed by atoms with van der Waals surface area (Å²) in [6.07, 6.45) is 0. The number of nitrogens with zero attached hydrogens (tertiary/aromatic N) is 2. The summed E-state index contributed by atoms with van der Waals surface area (Å²) in [5.74, 6) is -0.431. The van der Waals surface area contributed by atoms with Gasteiger partial charge in [0.25, 0.3) is 0 Å². The Bertz CT molecular complexity index is 775. The van der Waals surface area contributed by atoms with Gasteiger partial charge in [-0.25, -0.2) is 4.39 Å². The first kappa shape index (κ1) is 13.5. The maximum atomic E-state index is 13.1. The Morgan fingerprint density at radius 2 is 1.95 bits per heavy atom. The maximum absolute atomic E-state index is 13.1. The number of halogens is 3. The molecule has 0 atom stereocenters. The van der Waals surface area contributed by atoms with Crippen molar-refractivity contribution in [3.8, 4) is 0 Å². The summed E-state index contributed by atoms with van der Waals surface area (Å²) in [6, 6.07) is 8.18. The van der Waals surface area contributed by atoms with Gasteiger partial charge in [-0.05, 0) is 29.8 Å². The monoisotopic (exact) mass is 327 g/mol. The summed E-state index contributed by atoms with van der Waals surface area (Å²) < 4.78 is 21.5. The summed E-state index contributed by atoms with van der Waals surface area (Å²) in [5.41, 5.74) is 3.10.